The Kier molecular flexibility index (Phi) is 7.28. The maximum absolute atomic E-state index is 12.7. The molecule has 220 valence electrons. The summed E-state index contributed by atoms with van der Waals surface area (Å²) in [5.74, 6) is -1.82. The summed E-state index contributed by atoms with van der Waals surface area (Å²) in [4.78, 5) is 24.3. The van der Waals surface area contributed by atoms with Crippen LogP contribution in [-0.2, 0) is 19.1 Å². The number of carboxylic acid groups (broad SMARTS) is 1. The summed E-state index contributed by atoms with van der Waals surface area (Å²) >= 11 is 0. The Balaban J connectivity index is 0.000000292. The van der Waals surface area contributed by atoms with Gasteiger partial charge < -0.3 is 35.6 Å². The molecule has 4 aliphatic carbocycles. The minimum atomic E-state index is -1.44. The van der Waals surface area contributed by atoms with E-state index in [2.05, 4.69) is 20.8 Å². The van der Waals surface area contributed by atoms with Crippen molar-refractivity contribution in [2.45, 2.75) is 120 Å². The number of esters is 1. The van der Waals surface area contributed by atoms with Gasteiger partial charge in [0, 0.05) is 30.6 Å². The van der Waals surface area contributed by atoms with Crippen molar-refractivity contribution in [1.29, 1.82) is 0 Å². The third-order valence-corrected chi connectivity index (χ3v) is 11.7. The summed E-state index contributed by atoms with van der Waals surface area (Å²) in [5, 5.41) is 44.1. The number of carboxylic acids is 1. The number of hydrogen-bond donors (Lipinski definition) is 5. The van der Waals surface area contributed by atoms with Crippen LogP contribution in [0.5, 0.6) is 0 Å². The van der Waals surface area contributed by atoms with E-state index in [1.165, 1.54) is 0 Å². The molecule has 2 heterocycles. The van der Waals surface area contributed by atoms with E-state index < -0.39 is 34.1 Å². The standard InChI is InChI=1S/C23H32O7.C7H15NO/c1-20-6-3-16-17(23(20,29)9-5-15(20)13-10-18(25)30-12-13)4-7-21(28)11-14(24)2-8-22(16,21)19(26)27;1-7(2)5-6(8)3-4-9-7/h10,14-17,24,28-29H,2-9,11-12H2,1H3,(H,26,27);6H,3-5,8H2,1-2H3/t14-,15+,16-,17+,20+,21-,22+,23-;/m0./s1. The molecule has 6 rings (SSSR count). The highest BCUT2D eigenvalue weighted by atomic mass is 16.5. The van der Waals surface area contributed by atoms with Crippen LogP contribution in [0.2, 0.25) is 0 Å². The lowest BCUT2D eigenvalue weighted by molar-refractivity contribution is -0.260. The number of aliphatic carboxylic acids is 1. The molecule has 9 heteroatoms. The molecular formula is C30H47NO8. The third kappa shape index (κ3) is 4.47. The molecule has 6 aliphatic rings. The summed E-state index contributed by atoms with van der Waals surface area (Å²) < 4.78 is 10.6. The summed E-state index contributed by atoms with van der Waals surface area (Å²) in [5.41, 5.74) is 2.46. The fourth-order valence-corrected chi connectivity index (χ4v) is 9.77. The molecule has 0 aromatic rings. The van der Waals surface area contributed by atoms with E-state index in [1.807, 2.05) is 0 Å². The molecule has 9 atom stereocenters. The number of fused-ring (bicyclic) bond motifs is 5. The molecule has 39 heavy (non-hydrogen) atoms. The number of hydrogen-bond acceptors (Lipinski definition) is 8. The predicted molar refractivity (Wildman–Crippen MR) is 142 cm³/mol. The molecule has 0 radical (unpaired) electrons. The van der Waals surface area contributed by atoms with Gasteiger partial charge in [-0.15, -0.1) is 0 Å². The largest absolute Gasteiger partial charge is 0.481 e. The van der Waals surface area contributed by atoms with Gasteiger partial charge in [-0.25, -0.2) is 4.79 Å². The van der Waals surface area contributed by atoms with E-state index >= 15 is 0 Å². The van der Waals surface area contributed by atoms with Crippen LogP contribution in [0, 0.1) is 28.6 Å². The Bertz CT molecular complexity index is 1030. The second kappa shape index (κ2) is 9.79. The number of rotatable bonds is 2. The van der Waals surface area contributed by atoms with E-state index in [1.54, 1.807) is 6.08 Å². The Morgan fingerprint density at radius 3 is 2.28 bits per heavy atom. The van der Waals surface area contributed by atoms with Crippen LogP contribution in [0.3, 0.4) is 0 Å². The first kappa shape index (κ1) is 29.0. The first-order chi connectivity index (χ1) is 18.2. The van der Waals surface area contributed by atoms with E-state index in [0.717, 1.165) is 31.4 Å². The van der Waals surface area contributed by atoms with Gasteiger partial charge in [0.15, 0.2) is 0 Å². The summed E-state index contributed by atoms with van der Waals surface area (Å²) in [6.45, 7) is 7.37. The average Bonchev–Trinajstić information content (AvgIpc) is 3.37. The number of aliphatic hydroxyl groups is 3. The molecule has 1 unspecified atom stereocenters. The maximum Gasteiger partial charge on any atom is 0.331 e. The molecule has 0 aromatic carbocycles. The van der Waals surface area contributed by atoms with E-state index in [-0.39, 0.29) is 55.2 Å². The zero-order chi connectivity index (χ0) is 28.4. The van der Waals surface area contributed by atoms with Crippen LogP contribution < -0.4 is 5.73 Å². The number of aliphatic hydroxyl groups excluding tert-OH is 1. The molecule has 5 fully saturated rings. The SMILES string of the molecule is CC1(C)CC(N)CCO1.C[C@]12CC[C@H]3[C@@H](CC[C@]4(O)C[C@@H](O)CC[C@]34C(=O)O)[C@@]1(O)CC[C@@H]2C1=CC(=O)OC1. The number of nitrogens with two attached hydrogens (primary N) is 1. The Morgan fingerprint density at radius 2 is 1.69 bits per heavy atom. The van der Waals surface area contributed by atoms with Crippen molar-refractivity contribution in [3.05, 3.63) is 11.6 Å². The average molecular weight is 550 g/mol. The second-order valence-corrected chi connectivity index (χ2v) is 14.1. The number of ether oxygens (including phenoxy) is 2. The van der Waals surface area contributed by atoms with Gasteiger partial charge in [-0.2, -0.15) is 0 Å². The number of carbonyl (C=O) groups is 2. The Hall–Kier alpha value is -1.52. The van der Waals surface area contributed by atoms with Crippen LogP contribution in [-0.4, -0.2) is 74.5 Å². The van der Waals surface area contributed by atoms with Crippen LogP contribution in [0.1, 0.15) is 91.4 Å². The van der Waals surface area contributed by atoms with Gasteiger partial charge >= 0.3 is 11.9 Å². The van der Waals surface area contributed by atoms with Crippen molar-refractivity contribution < 1.29 is 39.5 Å². The molecule has 9 nitrogen and oxygen atoms in total. The highest BCUT2D eigenvalue weighted by Gasteiger charge is 2.73. The number of cyclic esters (lactones) is 1. The number of carbonyl (C=O) groups excluding carboxylic acids is 1. The monoisotopic (exact) mass is 549 g/mol. The first-order valence-corrected chi connectivity index (χ1v) is 14.8. The second-order valence-electron chi connectivity index (χ2n) is 14.1. The predicted octanol–water partition coefficient (Wildman–Crippen LogP) is 2.69. The van der Waals surface area contributed by atoms with Crippen LogP contribution in [0.25, 0.3) is 0 Å². The molecular weight excluding hydrogens is 502 g/mol. The zero-order valence-electron chi connectivity index (χ0n) is 23.7. The highest BCUT2D eigenvalue weighted by Crippen LogP contribution is 2.70. The minimum Gasteiger partial charge on any atom is -0.481 e. The lowest BCUT2D eigenvalue weighted by Gasteiger charge is -2.65. The van der Waals surface area contributed by atoms with Gasteiger partial charge in [-0.3, -0.25) is 4.79 Å². The summed E-state index contributed by atoms with van der Waals surface area (Å²) in [7, 11) is 0. The van der Waals surface area contributed by atoms with Gasteiger partial charge in [0.1, 0.15) is 6.61 Å². The Morgan fingerprint density at radius 1 is 0.974 bits per heavy atom. The van der Waals surface area contributed by atoms with E-state index in [0.29, 0.717) is 38.1 Å². The van der Waals surface area contributed by atoms with Crippen molar-refractivity contribution in [3.63, 3.8) is 0 Å². The molecule has 0 spiro atoms. The van der Waals surface area contributed by atoms with Crippen molar-refractivity contribution in [3.8, 4) is 0 Å². The fraction of sp³-hybridized carbons (Fsp3) is 0.867. The van der Waals surface area contributed by atoms with Crippen LogP contribution in [0.15, 0.2) is 11.6 Å². The third-order valence-electron chi connectivity index (χ3n) is 11.7. The normalized spacial score (nSPS) is 48.4. The molecule has 1 saturated heterocycles. The lowest BCUT2D eigenvalue weighted by Crippen LogP contribution is -2.70. The van der Waals surface area contributed by atoms with Crippen LogP contribution >= 0.6 is 0 Å². The first-order valence-electron chi connectivity index (χ1n) is 14.8. The van der Waals surface area contributed by atoms with E-state index in [4.69, 9.17) is 15.2 Å². The van der Waals surface area contributed by atoms with Crippen molar-refractivity contribution in [2.75, 3.05) is 13.2 Å². The van der Waals surface area contributed by atoms with Crippen molar-refractivity contribution >= 4 is 11.9 Å². The smallest absolute Gasteiger partial charge is 0.331 e. The topological polar surface area (TPSA) is 160 Å². The molecule has 0 bridgehead atoms. The van der Waals surface area contributed by atoms with Gasteiger partial charge in [0.25, 0.3) is 0 Å². The fourth-order valence-electron chi connectivity index (χ4n) is 9.77. The van der Waals surface area contributed by atoms with Gasteiger partial charge in [-0.1, -0.05) is 6.92 Å². The maximum atomic E-state index is 12.7. The zero-order valence-corrected chi connectivity index (χ0v) is 23.7. The molecule has 2 aliphatic heterocycles. The van der Waals surface area contributed by atoms with Gasteiger partial charge in [0.2, 0.25) is 0 Å². The molecule has 4 saturated carbocycles. The quantitative estimate of drug-likeness (QED) is 0.326. The summed E-state index contributed by atoms with van der Waals surface area (Å²) in [6.07, 6.45) is 7.01. The minimum absolute atomic E-state index is 0.0255. The summed E-state index contributed by atoms with van der Waals surface area (Å²) in [6, 6.07) is 0.355. The van der Waals surface area contributed by atoms with Crippen LogP contribution in [0.4, 0.5) is 0 Å². The van der Waals surface area contributed by atoms with Crippen molar-refractivity contribution in [1.82, 2.24) is 0 Å². The molecule has 6 N–H and O–H groups in total. The van der Waals surface area contributed by atoms with Gasteiger partial charge in [-0.05, 0) is 101 Å². The lowest BCUT2D eigenvalue weighted by atomic mass is 9.41. The van der Waals surface area contributed by atoms with Crippen molar-refractivity contribution in [2.24, 2.45) is 34.3 Å². The molecule has 0 amide bonds. The molecule has 0 aromatic heterocycles. The van der Waals surface area contributed by atoms with Gasteiger partial charge in [0.05, 0.1) is 28.3 Å². The van der Waals surface area contributed by atoms with E-state index in [9.17, 15) is 30.0 Å². The highest BCUT2D eigenvalue weighted by molar-refractivity contribution is 5.85. The Labute approximate surface area is 231 Å².